The molecule has 0 radical (unpaired) electrons. The van der Waals surface area contributed by atoms with E-state index < -0.39 is 157 Å². The largest absolute Gasteiger partial charge is 0.481 e. The molecule has 25 heteroatoms. The van der Waals surface area contributed by atoms with Crippen LogP contribution in [0, 0.1) is 11.8 Å². The van der Waals surface area contributed by atoms with Gasteiger partial charge in [0.25, 0.3) is 0 Å². The number of nitrogens with two attached hydrogens (primary N) is 1. The fourth-order valence-corrected chi connectivity index (χ4v) is 6.70. The van der Waals surface area contributed by atoms with Crippen LogP contribution in [0.4, 0.5) is 0 Å². The average molecular weight is 1000 g/mol. The van der Waals surface area contributed by atoms with Crippen LogP contribution in [-0.2, 0) is 65.6 Å². The first-order valence-electron chi connectivity index (χ1n) is 22.6. The lowest BCUT2D eigenvalue weighted by Gasteiger charge is -2.28. The highest BCUT2D eigenvalue weighted by molar-refractivity contribution is 5.99. The van der Waals surface area contributed by atoms with Gasteiger partial charge in [-0.25, -0.2) is 4.79 Å². The van der Waals surface area contributed by atoms with E-state index in [0.29, 0.717) is 12.0 Å². The molecule has 2 rings (SSSR count). The number of carboxylic acid groups (broad SMARTS) is 3. The Bertz CT molecular complexity index is 2180. The van der Waals surface area contributed by atoms with E-state index in [1.807, 2.05) is 0 Å². The fourth-order valence-electron chi connectivity index (χ4n) is 6.70. The third-order valence-corrected chi connectivity index (χ3v) is 10.9. The van der Waals surface area contributed by atoms with Gasteiger partial charge in [-0.2, -0.15) is 0 Å². The van der Waals surface area contributed by atoms with E-state index in [0.717, 1.165) is 5.56 Å². The fraction of sp³-hybridized carbons (Fsp3) is 0.500. The minimum atomic E-state index is -2.00. The molecule has 0 unspecified atom stereocenters. The lowest BCUT2D eigenvalue weighted by Crippen LogP contribution is -2.61. The molecule has 2 aromatic carbocycles. The Morgan fingerprint density at radius 3 is 1.42 bits per heavy atom. The van der Waals surface area contributed by atoms with Crippen LogP contribution >= 0.6 is 0 Å². The number of aliphatic hydroxyl groups excluding tert-OH is 2. The molecule has 0 saturated carbocycles. The molecule has 15 N–H and O–H groups in total. The van der Waals surface area contributed by atoms with E-state index in [1.54, 1.807) is 62.4 Å². The van der Waals surface area contributed by atoms with Crippen LogP contribution in [0.2, 0.25) is 0 Å². The zero-order valence-corrected chi connectivity index (χ0v) is 39.9. The number of carboxylic acids is 3. The van der Waals surface area contributed by atoms with E-state index >= 15 is 0 Å². The van der Waals surface area contributed by atoms with Crippen molar-refractivity contribution in [3.05, 3.63) is 71.8 Å². The molecule has 25 nitrogen and oxygen atoms in total. The van der Waals surface area contributed by atoms with E-state index in [-0.39, 0.29) is 12.8 Å². The summed E-state index contributed by atoms with van der Waals surface area (Å²) in [6.07, 6.45) is -3.54. The van der Waals surface area contributed by atoms with E-state index in [4.69, 9.17) is 5.73 Å². The molecule has 0 aromatic heterocycles. The number of aliphatic hydroxyl groups is 2. The van der Waals surface area contributed by atoms with E-state index in [2.05, 4.69) is 42.5 Å². The third kappa shape index (κ3) is 20.5. The predicted molar refractivity (Wildman–Crippen MR) is 250 cm³/mol. The number of hydrogen-bond acceptors (Lipinski definition) is 14. The molecule has 0 saturated heterocycles. The summed E-state index contributed by atoms with van der Waals surface area (Å²) < 4.78 is 0. The first-order valence-corrected chi connectivity index (χ1v) is 22.6. The third-order valence-electron chi connectivity index (χ3n) is 10.9. The van der Waals surface area contributed by atoms with Crippen LogP contribution in [0.5, 0.6) is 0 Å². The van der Waals surface area contributed by atoms with Gasteiger partial charge in [0.2, 0.25) is 47.3 Å². The van der Waals surface area contributed by atoms with Gasteiger partial charge in [-0.15, -0.1) is 0 Å². The second-order valence-electron chi connectivity index (χ2n) is 17.1. The topological polar surface area (TPSA) is 411 Å². The number of amides is 8. The van der Waals surface area contributed by atoms with E-state index in [1.165, 1.54) is 32.9 Å². The Balaban J connectivity index is 2.27. The Kier molecular flexibility index (Phi) is 24.8. The minimum Gasteiger partial charge on any atom is -0.481 e. The molecule has 0 bridgehead atoms. The summed E-state index contributed by atoms with van der Waals surface area (Å²) >= 11 is 0. The summed E-state index contributed by atoms with van der Waals surface area (Å²) in [5.74, 6) is -14.5. The highest BCUT2D eigenvalue weighted by Gasteiger charge is 2.36. The number of nitrogens with one attached hydrogen (secondary N) is 8. The summed E-state index contributed by atoms with van der Waals surface area (Å²) in [6, 6.07) is 3.65. The first kappa shape index (κ1) is 59.6. The first-order chi connectivity index (χ1) is 33.4. The molecular formula is C46H65N9O16. The Labute approximate surface area is 408 Å². The van der Waals surface area contributed by atoms with Gasteiger partial charge in [0.1, 0.15) is 42.3 Å². The predicted octanol–water partition coefficient (Wildman–Crippen LogP) is -3.58. The van der Waals surface area contributed by atoms with Gasteiger partial charge in [0.15, 0.2) is 0 Å². The minimum absolute atomic E-state index is 0.0931. The van der Waals surface area contributed by atoms with Gasteiger partial charge in [-0.1, -0.05) is 94.8 Å². The lowest BCUT2D eigenvalue weighted by atomic mass is 9.97. The summed E-state index contributed by atoms with van der Waals surface area (Å²) in [4.78, 5) is 142. The summed E-state index contributed by atoms with van der Waals surface area (Å²) in [5, 5.41) is 67.3. The molecule has 71 heavy (non-hydrogen) atoms. The zero-order chi connectivity index (χ0) is 53.5. The summed E-state index contributed by atoms with van der Waals surface area (Å²) in [5.41, 5.74) is 7.11. The SMILES string of the molecule is CC[C@H](C)[C@H](NC(=O)[C@@H](NC(=O)[C@H](CO)NC(=O)[C@H](CC(=O)O)NC(=O)[C@H](Cc1ccccc1)NC(=O)[C@H](CC(=O)O)NC(=O)CNC(=O)[C@@H](NC(=O)[C@@H](N)Cc1ccccc1)[C@@H](C)O)C(C)C)C(=O)O. The summed E-state index contributed by atoms with van der Waals surface area (Å²) in [6.45, 7) is 5.55. The maximum absolute atomic E-state index is 13.9. The van der Waals surface area contributed by atoms with Gasteiger partial charge < -0.3 is 73.8 Å². The van der Waals surface area contributed by atoms with Crippen LogP contribution in [0.1, 0.15) is 65.0 Å². The second kappa shape index (κ2) is 29.5. The van der Waals surface area contributed by atoms with E-state index in [9.17, 15) is 78.3 Å². The normalized spacial score (nSPS) is 15.2. The number of hydrogen-bond donors (Lipinski definition) is 14. The van der Waals surface area contributed by atoms with Crippen molar-refractivity contribution in [2.45, 2.75) is 121 Å². The van der Waals surface area contributed by atoms with Crippen molar-refractivity contribution in [3.63, 3.8) is 0 Å². The maximum Gasteiger partial charge on any atom is 0.326 e. The molecular weight excluding hydrogens is 935 g/mol. The molecule has 0 aliphatic rings. The van der Waals surface area contributed by atoms with Crippen molar-refractivity contribution in [3.8, 4) is 0 Å². The van der Waals surface area contributed by atoms with Gasteiger partial charge >= 0.3 is 17.9 Å². The zero-order valence-electron chi connectivity index (χ0n) is 39.9. The maximum atomic E-state index is 13.9. The average Bonchev–Trinajstić information content (AvgIpc) is 3.31. The number of carbonyl (C=O) groups excluding carboxylic acids is 8. The van der Waals surface area contributed by atoms with Crippen LogP contribution in [-0.4, -0.2) is 158 Å². The van der Waals surface area contributed by atoms with Crippen LogP contribution in [0.3, 0.4) is 0 Å². The Morgan fingerprint density at radius 1 is 0.521 bits per heavy atom. The molecule has 0 heterocycles. The van der Waals surface area contributed by atoms with Crippen molar-refractivity contribution in [1.29, 1.82) is 0 Å². The molecule has 0 aliphatic carbocycles. The Morgan fingerprint density at radius 2 is 0.958 bits per heavy atom. The molecule has 8 amide bonds. The monoisotopic (exact) mass is 999 g/mol. The highest BCUT2D eigenvalue weighted by atomic mass is 16.4. The smallest absolute Gasteiger partial charge is 0.326 e. The van der Waals surface area contributed by atoms with Crippen LogP contribution in [0.15, 0.2) is 60.7 Å². The van der Waals surface area contributed by atoms with Crippen LogP contribution < -0.4 is 48.3 Å². The standard InChI is InChI=1S/C46H65N9O16/c1-6-24(4)37(46(70)71)54-45(69)36(23(2)3)53-43(67)32(22-56)52-42(66)31(20-35(61)62)51-40(64)29(18-27-15-11-8-12-16-27)50-41(65)30(19-34(59)60)49-33(58)21-48-44(68)38(25(5)57)55-39(63)28(47)17-26-13-9-7-10-14-26/h7-16,23-25,28-32,36-38,56-57H,6,17-22,47H2,1-5H3,(H,48,68)(H,49,58)(H,50,65)(H,51,64)(H,52,66)(H,53,67)(H,54,69)(H,55,63)(H,59,60)(H,61,62)(H,70,71)/t24-,25+,28-,29-,30-,31-,32-,36-,37-,38-/m0/s1. The number of rotatable bonds is 30. The molecule has 10 atom stereocenters. The van der Waals surface area contributed by atoms with Crippen molar-refractivity contribution in [2.75, 3.05) is 13.2 Å². The molecule has 0 fully saturated rings. The molecule has 0 aliphatic heterocycles. The quantitative estimate of drug-likeness (QED) is 0.0360. The van der Waals surface area contributed by atoms with Gasteiger partial charge in [0, 0.05) is 6.42 Å². The summed E-state index contributed by atoms with van der Waals surface area (Å²) in [7, 11) is 0. The number of benzene rings is 2. The van der Waals surface area contributed by atoms with Crippen molar-refractivity contribution < 1.29 is 78.3 Å². The van der Waals surface area contributed by atoms with Crippen molar-refractivity contribution in [1.82, 2.24) is 42.5 Å². The molecule has 2 aromatic rings. The lowest BCUT2D eigenvalue weighted by molar-refractivity contribution is -0.144. The Hall–Kier alpha value is -7.51. The van der Waals surface area contributed by atoms with Crippen molar-refractivity contribution >= 4 is 65.2 Å². The van der Waals surface area contributed by atoms with Gasteiger partial charge in [-0.3, -0.25) is 47.9 Å². The van der Waals surface area contributed by atoms with Gasteiger partial charge in [-0.05, 0) is 36.3 Å². The highest BCUT2D eigenvalue weighted by Crippen LogP contribution is 2.12. The number of carbonyl (C=O) groups is 11. The molecule has 0 spiro atoms. The van der Waals surface area contributed by atoms with Crippen molar-refractivity contribution in [2.24, 2.45) is 17.6 Å². The second-order valence-corrected chi connectivity index (χ2v) is 17.1. The molecule has 390 valence electrons. The van der Waals surface area contributed by atoms with Gasteiger partial charge in [0.05, 0.1) is 38.1 Å². The van der Waals surface area contributed by atoms with Crippen LogP contribution in [0.25, 0.3) is 0 Å². The number of aliphatic carboxylic acids is 3.